The fraction of sp³-hybridized carbons (Fsp3) is 0.600. The molecule has 0 fully saturated rings. The maximum Gasteiger partial charge on any atom is 0.122 e. The van der Waals surface area contributed by atoms with Crippen LogP contribution in [0.5, 0.6) is 5.75 Å². The van der Waals surface area contributed by atoms with Crippen LogP contribution in [0.2, 0.25) is 0 Å². The van der Waals surface area contributed by atoms with Crippen molar-refractivity contribution < 1.29 is 4.74 Å². The largest absolute Gasteiger partial charge is 0.493 e. The van der Waals surface area contributed by atoms with E-state index >= 15 is 0 Å². The number of ether oxygens (including phenoxy) is 1. The van der Waals surface area contributed by atoms with Crippen molar-refractivity contribution in [3.8, 4) is 5.75 Å². The van der Waals surface area contributed by atoms with Crippen LogP contribution in [0.4, 0.5) is 0 Å². The predicted molar refractivity (Wildman–Crippen MR) is 73.8 cm³/mol. The van der Waals surface area contributed by atoms with Crippen molar-refractivity contribution in [1.29, 1.82) is 0 Å². The third-order valence-electron chi connectivity index (χ3n) is 3.07. The van der Waals surface area contributed by atoms with Gasteiger partial charge in [-0.2, -0.15) is 0 Å². The molecule has 96 valence electrons. The van der Waals surface area contributed by atoms with Gasteiger partial charge in [-0.3, -0.25) is 0 Å². The minimum absolute atomic E-state index is 0.569. The average molecular weight is 235 g/mol. The topological polar surface area (TPSA) is 12.5 Å². The second-order valence-corrected chi connectivity index (χ2v) is 4.85. The molecular formula is C15H25NO. The van der Waals surface area contributed by atoms with Crippen molar-refractivity contribution in [2.75, 3.05) is 27.2 Å². The Morgan fingerprint density at radius 1 is 1.24 bits per heavy atom. The zero-order valence-corrected chi connectivity index (χ0v) is 11.6. The van der Waals surface area contributed by atoms with E-state index in [-0.39, 0.29) is 0 Å². The van der Waals surface area contributed by atoms with E-state index in [1.54, 1.807) is 0 Å². The van der Waals surface area contributed by atoms with Gasteiger partial charge in [-0.15, -0.1) is 0 Å². The van der Waals surface area contributed by atoms with Crippen molar-refractivity contribution >= 4 is 0 Å². The van der Waals surface area contributed by atoms with Gasteiger partial charge in [0.1, 0.15) is 5.75 Å². The first-order chi connectivity index (χ1) is 8.15. The zero-order valence-electron chi connectivity index (χ0n) is 11.6. The first kappa shape index (κ1) is 14.0. The third kappa shape index (κ3) is 4.78. The number of nitrogens with zero attached hydrogens (tertiary/aromatic N) is 1. The van der Waals surface area contributed by atoms with E-state index in [0.717, 1.165) is 31.7 Å². The second-order valence-electron chi connectivity index (χ2n) is 4.85. The lowest BCUT2D eigenvalue weighted by molar-refractivity contribution is 0.278. The summed E-state index contributed by atoms with van der Waals surface area (Å²) >= 11 is 0. The molecule has 17 heavy (non-hydrogen) atoms. The van der Waals surface area contributed by atoms with Gasteiger partial charge in [0.15, 0.2) is 0 Å². The monoisotopic (exact) mass is 235 g/mol. The molecule has 0 unspecified atom stereocenters. The average Bonchev–Trinajstić information content (AvgIpc) is 2.34. The molecule has 0 spiro atoms. The maximum absolute atomic E-state index is 5.88. The molecule has 1 aromatic carbocycles. The molecule has 0 aliphatic carbocycles. The van der Waals surface area contributed by atoms with Gasteiger partial charge in [0.05, 0.1) is 6.61 Å². The molecule has 0 amide bonds. The molecule has 1 rings (SSSR count). The van der Waals surface area contributed by atoms with Crippen LogP contribution >= 0.6 is 0 Å². The molecule has 0 heterocycles. The van der Waals surface area contributed by atoms with Crippen molar-refractivity contribution in [2.24, 2.45) is 0 Å². The summed E-state index contributed by atoms with van der Waals surface area (Å²) in [5, 5.41) is 0. The Hall–Kier alpha value is -1.02. The highest BCUT2D eigenvalue weighted by atomic mass is 16.5. The van der Waals surface area contributed by atoms with Crippen LogP contribution < -0.4 is 4.74 Å². The summed E-state index contributed by atoms with van der Waals surface area (Å²) in [6.07, 6.45) is 2.22. The minimum Gasteiger partial charge on any atom is -0.493 e. The Morgan fingerprint density at radius 3 is 2.59 bits per heavy atom. The zero-order chi connectivity index (χ0) is 12.7. The van der Waals surface area contributed by atoms with Gasteiger partial charge < -0.3 is 9.64 Å². The molecule has 2 nitrogen and oxygen atoms in total. The van der Waals surface area contributed by atoms with Crippen LogP contribution in [0, 0.1) is 0 Å². The van der Waals surface area contributed by atoms with Crippen LogP contribution in [-0.4, -0.2) is 32.1 Å². The lowest BCUT2D eigenvalue weighted by Gasteiger charge is -2.16. The van der Waals surface area contributed by atoms with Gasteiger partial charge in [-0.1, -0.05) is 32.0 Å². The number of hydrogen-bond donors (Lipinski definition) is 0. The van der Waals surface area contributed by atoms with E-state index in [0.29, 0.717) is 5.92 Å². The van der Waals surface area contributed by atoms with Crippen molar-refractivity contribution in [3.05, 3.63) is 29.8 Å². The molecule has 0 radical (unpaired) electrons. The lowest BCUT2D eigenvalue weighted by atomic mass is 9.98. The summed E-state index contributed by atoms with van der Waals surface area (Å²) in [7, 11) is 4.18. The number of benzene rings is 1. The number of para-hydroxylation sites is 1. The highest BCUT2D eigenvalue weighted by Gasteiger charge is 2.08. The Morgan fingerprint density at radius 2 is 1.94 bits per heavy atom. The molecule has 0 aromatic heterocycles. The fourth-order valence-corrected chi connectivity index (χ4v) is 1.80. The SMILES string of the molecule is CC[C@@H](C)c1ccccc1OCCCN(C)C. The van der Waals surface area contributed by atoms with Crippen LogP contribution in [0.3, 0.4) is 0 Å². The molecule has 0 aliphatic heterocycles. The third-order valence-corrected chi connectivity index (χ3v) is 3.07. The highest BCUT2D eigenvalue weighted by molar-refractivity contribution is 5.35. The number of rotatable bonds is 7. The van der Waals surface area contributed by atoms with E-state index < -0.39 is 0 Å². The maximum atomic E-state index is 5.88. The Balaban J connectivity index is 2.52. The van der Waals surface area contributed by atoms with E-state index in [1.165, 1.54) is 5.56 Å². The van der Waals surface area contributed by atoms with Crippen molar-refractivity contribution in [1.82, 2.24) is 4.90 Å². The van der Waals surface area contributed by atoms with Gasteiger partial charge in [0.2, 0.25) is 0 Å². The minimum atomic E-state index is 0.569. The first-order valence-corrected chi connectivity index (χ1v) is 6.51. The molecule has 0 saturated heterocycles. The second kappa shape index (κ2) is 7.33. The summed E-state index contributed by atoms with van der Waals surface area (Å²) in [5.74, 6) is 1.63. The summed E-state index contributed by atoms with van der Waals surface area (Å²) in [6.45, 7) is 6.34. The van der Waals surface area contributed by atoms with E-state index in [9.17, 15) is 0 Å². The van der Waals surface area contributed by atoms with Gasteiger partial charge in [0.25, 0.3) is 0 Å². The molecule has 2 heteroatoms. The Labute approximate surface area is 106 Å². The smallest absolute Gasteiger partial charge is 0.122 e. The molecule has 0 bridgehead atoms. The fourth-order valence-electron chi connectivity index (χ4n) is 1.80. The normalized spacial score (nSPS) is 12.8. The van der Waals surface area contributed by atoms with Crippen LogP contribution in [-0.2, 0) is 0 Å². The lowest BCUT2D eigenvalue weighted by Crippen LogP contribution is -2.15. The first-order valence-electron chi connectivity index (χ1n) is 6.51. The Kier molecular flexibility index (Phi) is 6.06. The van der Waals surface area contributed by atoms with Crippen molar-refractivity contribution in [2.45, 2.75) is 32.6 Å². The molecule has 1 atom stereocenters. The molecule has 0 saturated carbocycles. The summed E-state index contributed by atoms with van der Waals surface area (Å²) < 4.78 is 5.88. The summed E-state index contributed by atoms with van der Waals surface area (Å²) in [6, 6.07) is 8.40. The van der Waals surface area contributed by atoms with Crippen LogP contribution in [0.15, 0.2) is 24.3 Å². The molecule has 0 N–H and O–H groups in total. The standard InChI is InChI=1S/C15H25NO/c1-5-13(2)14-9-6-7-10-15(14)17-12-8-11-16(3)4/h6-7,9-10,13H,5,8,11-12H2,1-4H3/t13-/m1/s1. The van der Waals surface area contributed by atoms with Crippen LogP contribution in [0.25, 0.3) is 0 Å². The van der Waals surface area contributed by atoms with Gasteiger partial charge in [-0.25, -0.2) is 0 Å². The van der Waals surface area contributed by atoms with E-state index in [4.69, 9.17) is 4.74 Å². The van der Waals surface area contributed by atoms with E-state index in [1.807, 2.05) is 6.07 Å². The quantitative estimate of drug-likeness (QED) is 0.670. The highest BCUT2D eigenvalue weighted by Crippen LogP contribution is 2.28. The number of hydrogen-bond acceptors (Lipinski definition) is 2. The summed E-state index contributed by atoms with van der Waals surface area (Å²) in [4.78, 5) is 2.18. The predicted octanol–water partition coefficient (Wildman–Crippen LogP) is 3.53. The Bertz CT molecular complexity index is 322. The van der Waals surface area contributed by atoms with Gasteiger partial charge in [-0.05, 0) is 44.5 Å². The molecular weight excluding hydrogens is 210 g/mol. The van der Waals surface area contributed by atoms with Gasteiger partial charge >= 0.3 is 0 Å². The summed E-state index contributed by atoms with van der Waals surface area (Å²) in [5.41, 5.74) is 1.33. The molecule has 1 aromatic rings. The van der Waals surface area contributed by atoms with Crippen molar-refractivity contribution in [3.63, 3.8) is 0 Å². The van der Waals surface area contributed by atoms with E-state index in [2.05, 4.69) is 51.0 Å². The van der Waals surface area contributed by atoms with Gasteiger partial charge in [0, 0.05) is 6.54 Å². The molecule has 0 aliphatic rings. The van der Waals surface area contributed by atoms with Crippen LogP contribution in [0.1, 0.15) is 38.2 Å².